The van der Waals surface area contributed by atoms with Gasteiger partial charge >= 0.3 is 5.69 Å². The molecule has 0 spiro atoms. The fourth-order valence-corrected chi connectivity index (χ4v) is 3.93. The van der Waals surface area contributed by atoms with E-state index in [4.69, 9.17) is 11.6 Å². The number of carbonyl (C=O) groups excluding carboxylic acids is 1. The molecule has 2 aromatic carbocycles. The number of thiophene rings is 1. The molecule has 0 radical (unpaired) electrons. The smallest absolute Gasteiger partial charge is 0.343 e. The van der Waals surface area contributed by atoms with Crippen molar-refractivity contribution in [2.45, 2.75) is 12.6 Å². The predicted octanol–water partition coefficient (Wildman–Crippen LogP) is 3.05. The molecule has 1 atom stereocenters. The van der Waals surface area contributed by atoms with Crippen molar-refractivity contribution in [1.82, 2.24) is 25.1 Å². The van der Waals surface area contributed by atoms with Crippen LogP contribution in [0, 0.1) is 0 Å². The Labute approximate surface area is 175 Å². The Kier molecular flexibility index (Phi) is 5.55. The average molecular weight is 426 g/mol. The van der Waals surface area contributed by atoms with Gasteiger partial charge in [-0.15, -0.1) is 11.3 Å². The molecule has 0 fully saturated rings. The molecule has 29 heavy (non-hydrogen) atoms. The van der Waals surface area contributed by atoms with Gasteiger partial charge in [-0.2, -0.15) is 9.36 Å². The summed E-state index contributed by atoms with van der Waals surface area (Å²) in [6, 6.07) is 20.0. The average Bonchev–Trinajstić information content (AvgIpc) is 3.38. The molecule has 9 heteroatoms. The Hall–Kier alpha value is -3.23. The van der Waals surface area contributed by atoms with Crippen LogP contribution >= 0.6 is 22.9 Å². The van der Waals surface area contributed by atoms with Crippen LogP contribution in [0.5, 0.6) is 0 Å². The maximum absolute atomic E-state index is 12.7. The number of carbonyl (C=O) groups is 1. The first-order valence-electron chi connectivity index (χ1n) is 8.79. The lowest BCUT2D eigenvalue weighted by Gasteiger charge is -2.17. The van der Waals surface area contributed by atoms with Gasteiger partial charge in [0, 0.05) is 4.88 Å². The zero-order valence-electron chi connectivity index (χ0n) is 15.1. The third-order valence-corrected chi connectivity index (χ3v) is 5.54. The Morgan fingerprint density at radius 3 is 2.52 bits per heavy atom. The fourth-order valence-electron chi connectivity index (χ4n) is 2.91. The molecule has 4 aromatic rings. The van der Waals surface area contributed by atoms with Gasteiger partial charge in [0.25, 0.3) is 0 Å². The van der Waals surface area contributed by atoms with Crippen LogP contribution in [0.3, 0.4) is 0 Å². The standard InChI is InChI=1S/C20H16ClN5O2S/c21-15-9-4-5-10-16(15)26-20(28)25(23-24-26)13-18(27)22-19(17-11-6-12-29-17)14-7-2-1-3-8-14/h1-12,19H,13H2,(H,22,27). The molecule has 2 heterocycles. The molecule has 0 saturated carbocycles. The van der Waals surface area contributed by atoms with Crippen LogP contribution < -0.4 is 11.0 Å². The fraction of sp³-hybridized carbons (Fsp3) is 0.100. The molecular weight excluding hydrogens is 410 g/mol. The largest absolute Gasteiger partial charge is 0.369 e. The molecular formula is C20H16ClN5O2S. The number of halogens is 1. The molecule has 1 unspecified atom stereocenters. The van der Waals surface area contributed by atoms with Gasteiger partial charge in [0.1, 0.15) is 6.54 Å². The quantitative estimate of drug-likeness (QED) is 0.514. The minimum Gasteiger partial charge on any atom is -0.343 e. The molecule has 2 aromatic heterocycles. The van der Waals surface area contributed by atoms with Crippen molar-refractivity contribution < 1.29 is 4.79 Å². The van der Waals surface area contributed by atoms with E-state index in [1.807, 2.05) is 47.8 Å². The molecule has 7 nitrogen and oxygen atoms in total. The number of hydrogen-bond donors (Lipinski definition) is 1. The number of benzene rings is 2. The van der Waals surface area contributed by atoms with Crippen LogP contribution in [-0.4, -0.2) is 25.7 Å². The van der Waals surface area contributed by atoms with Crippen molar-refractivity contribution in [3.63, 3.8) is 0 Å². The van der Waals surface area contributed by atoms with Gasteiger partial charge in [-0.3, -0.25) is 4.79 Å². The number of rotatable bonds is 6. The van der Waals surface area contributed by atoms with E-state index in [9.17, 15) is 9.59 Å². The van der Waals surface area contributed by atoms with E-state index in [0.29, 0.717) is 10.7 Å². The van der Waals surface area contributed by atoms with Crippen LogP contribution in [-0.2, 0) is 11.3 Å². The number of tetrazole rings is 1. The summed E-state index contributed by atoms with van der Waals surface area (Å²) in [6.45, 7) is -0.252. The third-order valence-electron chi connectivity index (χ3n) is 4.28. The van der Waals surface area contributed by atoms with Crippen molar-refractivity contribution in [1.29, 1.82) is 0 Å². The van der Waals surface area contributed by atoms with E-state index < -0.39 is 5.69 Å². The van der Waals surface area contributed by atoms with Crippen LogP contribution in [0.2, 0.25) is 5.02 Å². The second kappa shape index (κ2) is 8.42. The topological polar surface area (TPSA) is 81.8 Å². The van der Waals surface area contributed by atoms with Crippen LogP contribution in [0.1, 0.15) is 16.5 Å². The molecule has 0 saturated heterocycles. The van der Waals surface area contributed by atoms with Crippen LogP contribution in [0.4, 0.5) is 0 Å². The number of amides is 1. The van der Waals surface area contributed by atoms with E-state index in [1.54, 1.807) is 35.6 Å². The molecule has 146 valence electrons. The summed E-state index contributed by atoms with van der Waals surface area (Å²) in [7, 11) is 0. The van der Waals surface area contributed by atoms with E-state index >= 15 is 0 Å². The van der Waals surface area contributed by atoms with E-state index in [0.717, 1.165) is 19.8 Å². The van der Waals surface area contributed by atoms with Gasteiger partial charge in [-0.25, -0.2) is 4.79 Å². The molecule has 1 N–H and O–H groups in total. The van der Waals surface area contributed by atoms with Gasteiger partial charge in [0.2, 0.25) is 5.91 Å². The predicted molar refractivity (Wildman–Crippen MR) is 111 cm³/mol. The van der Waals surface area contributed by atoms with Crippen LogP contribution in [0.25, 0.3) is 5.69 Å². The first-order valence-corrected chi connectivity index (χ1v) is 10.0. The first-order chi connectivity index (χ1) is 14.1. The second-order valence-corrected chi connectivity index (χ2v) is 7.60. The minimum atomic E-state index is -0.541. The highest BCUT2D eigenvalue weighted by molar-refractivity contribution is 7.10. The Balaban J connectivity index is 1.55. The maximum Gasteiger partial charge on any atom is 0.369 e. The lowest BCUT2D eigenvalue weighted by atomic mass is 10.1. The summed E-state index contributed by atoms with van der Waals surface area (Å²) in [4.78, 5) is 26.3. The summed E-state index contributed by atoms with van der Waals surface area (Å²) >= 11 is 7.67. The Bertz CT molecular complexity index is 1170. The van der Waals surface area contributed by atoms with Gasteiger partial charge in [0.15, 0.2) is 0 Å². The zero-order chi connectivity index (χ0) is 20.2. The number of hydrogen-bond acceptors (Lipinski definition) is 5. The lowest BCUT2D eigenvalue weighted by Crippen LogP contribution is -2.35. The normalized spacial score (nSPS) is 11.9. The number of nitrogens with one attached hydrogen (secondary N) is 1. The van der Waals surface area contributed by atoms with Crippen molar-refractivity contribution in [2.75, 3.05) is 0 Å². The van der Waals surface area contributed by atoms with Crippen molar-refractivity contribution >= 4 is 28.8 Å². The summed E-state index contributed by atoms with van der Waals surface area (Å²) in [5, 5.41) is 13.0. The summed E-state index contributed by atoms with van der Waals surface area (Å²) in [5.74, 6) is -0.347. The number of nitrogens with zero attached hydrogens (tertiary/aromatic N) is 4. The van der Waals surface area contributed by atoms with Gasteiger partial charge in [-0.05, 0) is 39.6 Å². The third kappa shape index (κ3) is 4.13. The molecule has 0 aliphatic carbocycles. The summed E-state index contributed by atoms with van der Waals surface area (Å²) < 4.78 is 2.08. The van der Waals surface area contributed by atoms with Gasteiger partial charge in [-0.1, -0.05) is 60.1 Å². The van der Waals surface area contributed by atoms with Crippen molar-refractivity contribution in [2.24, 2.45) is 0 Å². The van der Waals surface area contributed by atoms with Crippen molar-refractivity contribution in [3.05, 3.63) is 98.1 Å². The molecule has 0 aliphatic rings. The van der Waals surface area contributed by atoms with Crippen molar-refractivity contribution in [3.8, 4) is 5.69 Å². The Morgan fingerprint density at radius 2 is 1.79 bits per heavy atom. The maximum atomic E-state index is 12.7. The molecule has 4 rings (SSSR count). The van der Waals surface area contributed by atoms with Gasteiger partial charge < -0.3 is 5.32 Å². The van der Waals surface area contributed by atoms with Crippen LogP contribution in [0.15, 0.2) is 76.9 Å². The highest BCUT2D eigenvalue weighted by atomic mass is 35.5. The minimum absolute atomic E-state index is 0.252. The number of aromatic nitrogens is 4. The highest BCUT2D eigenvalue weighted by Crippen LogP contribution is 2.25. The van der Waals surface area contributed by atoms with E-state index in [-0.39, 0.29) is 18.5 Å². The summed E-state index contributed by atoms with van der Waals surface area (Å²) in [6.07, 6.45) is 0. The summed E-state index contributed by atoms with van der Waals surface area (Å²) in [5.41, 5.74) is 0.822. The zero-order valence-corrected chi connectivity index (χ0v) is 16.7. The monoisotopic (exact) mass is 425 g/mol. The van der Waals surface area contributed by atoms with E-state index in [1.165, 1.54) is 0 Å². The molecule has 0 bridgehead atoms. The lowest BCUT2D eigenvalue weighted by molar-refractivity contribution is -0.122. The Morgan fingerprint density at radius 1 is 1.03 bits per heavy atom. The molecule has 1 amide bonds. The first kappa shape index (κ1) is 19.1. The van der Waals surface area contributed by atoms with Gasteiger partial charge in [0.05, 0.1) is 16.8 Å². The second-order valence-electron chi connectivity index (χ2n) is 6.21. The molecule has 0 aliphatic heterocycles. The number of para-hydroxylation sites is 1. The van der Waals surface area contributed by atoms with E-state index in [2.05, 4.69) is 15.7 Å². The highest BCUT2D eigenvalue weighted by Gasteiger charge is 2.20. The SMILES string of the molecule is O=C(Cn1nnn(-c2ccccc2Cl)c1=O)NC(c1ccccc1)c1cccs1.